The molecule has 2 aromatic carbocycles. The first-order valence-corrected chi connectivity index (χ1v) is 10.2. The average Bonchev–Trinajstić information content (AvgIpc) is 2.66. The lowest BCUT2D eigenvalue weighted by Crippen LogP contribution is -2.34. The van der Waals surface area contributed by atoms with Gasteiger partial charge in [0, 0.05) is 24.7 Å². The second-order valence-electron chi connectivity index (χ2n) is 6.21. The lowest BCUT2D eigenvalue weighted by molar-refractivity contribution is -0.116. The Bertz CT molecular complexity index is 992. The fourth-order valence-corrected chi connectivity index (χ4v) is 3.85. The second-order valence-corrected chi connectivity index (χ2v) is 7.94. The van der Waals surface area contributed by atoms with Crippen molar-refractivity contribution in [2.24, 2.45) is 0 Å². The third-order valence-electron chi connectivity index (χ3n) is 3.90. The number of hydrogen-bond acceptors (Lipinski definition) is 4. The predicted molar refractivity (Wildman–Crippen MR) is 106 cm³/mol. The van der Waals surface area contributed by atoms with E-state index in [1.807, 2.05) is 6.07 Å². The number of alkyl halides is 2. The lowest BCUT2D eigenvalue weighted by atomic mass is 10.2. The maximum absolute atomic E-state index is 12.4. The maximum Gasteiger partial charge on any atom is 0.387 e. The number of hydrogen-bond donors (Lipinski definition) is 2. The summed E-state index contributed by atoms with van der Waals surface area (Å²) in [7, 11) is -3.69. The van der Waals surface area contributed by atoms with Crippen molar-refractivity contribution in [2.75, 3.05) is 13.1 Å². The Morgan fingerprint density at radius 1 is 1.14 bits per heavy atom. The zero-order valence-electron chi connectivity index (χ0n) is 16.0. The highest BCUT2D eigenvalue weighted by Crippen LogP contribution is 2.21. The minimum atomic E-state index is -3.69. The number of amides is 1. The molecule has 2 aromatic rings. The van der Waals surface area contributed by atoms with E-state index >= 15 is 0 Å². The Morgan fingerprint density at radius 2 is 1.86 bits per heavy atom. The van der Waals surface area contributed by atoms with E-state index < -0.39 is 22.5 Å². The minimum Gasteiger partial charge on any atom is -0.434 e. The molecule has 29 heavy (non-hydrogen) atoms. The van der Waals surface area contributed by atoms with Crippen LogP contribution in [0.3, 0.4) is 0 Å². The van der Waals surface area contributed by atoms with Gasteiger partial charge in [0.05, 0.1) is 4.90 Å². The van der Waals surface area contributed by atoms with Crippen molar-refractivity contribution < 1.29 is 26.7 Å². The molecule has 2 rings (SSSR count). The van der Waals surface area contributed by atoms with Gasteiger partial charge < -0.3 is 10.1 Å². The van der Waals surface area contributed by atoms with Crippen molar-refractivity contribution in [3.63, 3.8) is 0 Å². The Balaban J connectivity index is 1.88. The topological polar surface area (TPSA) is 84.5 Å². The zero-order valence-corrected chi connectivity index (χ0v) is 16.8. The molecule has 0 saturated heterocycles. The van der Waals surface area contributed by atoms with Crippen LogP contribution < -0.4 is 14.8 Å². The normalized spacial score (nSPS) is 11.8. The van der Waals surface area contributed by atoms with Gasteiger partial charge in [-0.15, -0.1) is 0 Å². The number of carbonyl (C=O) groups excluding carboxylic acids is 1. The summed E-state index contributed by atoms with van der Waals surface area (Å²) in [5, 5.41) is 2.52. The summed E-state index contributed by atoms with van der Waals surface area (Å²) < 4.78 is 56.3. The predicted octanol–water partition coefficient (Wildman–Crippen LogP) is 3.01. The summed E-state index contributed by atoms with van der Waals surface area (Å²) in [6, 6.07) is 11.2. The monoisotopic (exact) mass is 424 g/mol. The molecule has 9 heteroatoms. The Morgan fingerprint density at radius 3 is 2.59 bits per heavy atom. The molecule has 0 heterocycles. The molecule has 0 atom stereocenters. The van der Waals surface area contributed by atoms with Gasteiger partial charge in [-0.3, -0.25) is 4.79 Å². The highest BCUT2D eigenvalue weighted by Gasteiger charge is 2.16. The highest BCUT2D eigenvalue weighted by molar-refractivity contribution is 7.89. The van der Waals surface area contributed by atoms with Crippen LogP contribution in [0.15, 0.2) is 53.4 Å². The highest BCUT2D eigenvalue weighted by atomic mass is 32.2. The molecule has 0 unspecified atom stereocenters. The lowest BCUT2D eigenvalue weighted by Gasteiger charge is -2.10. The van der Waals surface area contributed by atoms with Crippen LogP contribution in [-0.2, 0) is 14.8 Å². The second kappa shape index (κ2) is 10.1. The molecule has 156 valence electrons. The molecule has 0 aromatic heterocycles. The number of aryl methyl sites for hydroxylation is 2. The number of rotatable bonds is 9. The van der Waals surface area contributed by atoms with Crippen LogP contribution in [-0.4, -0.2) is 34.0 Å². The molecular weight excluding hydrogens is 402 g/mol. The van der Waals surface area contributed by atoms with Gasteiger partial charge in [-0.1, -0.05) is 30.3 Å². The molecule has 0 aliphatic carbocycles. The van der Waals surface area contributed by atoms with E-state index in [0.29, 0.717) is 11.1 Å². The van der Waals surface area contributed by atoms with Gasteiger partial charge in [-0.05, 0) is 43.2 Å². The summed E-state index contributed by atoms with van der Waals surface area (Å²) in [4.78, 5) is 12.1. The Hall–Kier alpha value is -2.78. The van der Waals surface area contributed by atoms with Crippen molar-refractivity contribution in [2.45, 2.75) is 25.4 Å². The number of carbonyl (C=O) groups is 1. The van der Waals surface area contributed by atoms with Crippen LogP contribution in [0.4, 0.5) is 8.78 Å². The SMILES string of the molecule is Cc1ccc(C)c(S(=O)(=O)NCCNC(=O)/C=C/c2ccccc2OC(F)F)c1. The van der Waals surface area contributed by atoms with Crippen molar-refractivity contribution in [1.82, 2.24) is 10.0 Å². The summed E-state index contributed by atoms with van der Waals surface area (Å²) in [6.07, 6.45) is 2.50. The number of benzene rings is 2. The zero-order chi connectivity index (χ0) is 21.4. The van der Waals surface area contributed by atoms with E-state index in [2.05, 4.69) is 14.8 Å². The first kappa shape index (κ1) is 22.5. The number of para-hydroxylation sites is 1. The first-order valence-electron chi connectivity index (χ1n) is 8.76. The van der Waals surface area contributed by atoms with Crippen molar-refractivity contribution in [1.29, 1.82) is 0 Å². The number of halogens is 2. The van der Waals surface area contributed by atoms with E-state index in [0.717, 1.165) is 11.6 Å². The van der Waals surface area contributed by atoms with Crippen LogP contribution in [0.2, 0.25) is 0 Å². The molecular formula is C20H22F2N2O4S. The quantitative estimate of drug-likeness (QED) is 0.479. The van der Waals surface area contributed by atoms with Gasteiger partial charge >= 0.3 is 6.61 Å². The van der Waals surface area contributed by atoms with Gasteiger partial charge in [0.15, 0.2) is 0 Å². The molecule has 0 saturated carbocycles. The summed E-state index contributed by atoms with van der Waals surface area (Å²) in [6.45, 7) is 0.595. The molecule has 1 amide bonds. The molecule has 0 fully saturated rings. The molecule has 0 radical (unpaired) electrons. The van der Waals surface area contributed by atoms with Crippen LogP contribution in [0.25, 0.3) is 6.08 Å². The Kier molecular flexibility index (Phi) is 7.86. The number of ether oxygens (including phenoxy) is 1. The van der Waals surface area contributed by atoms with E-state index in [-0.39, 0.29) is 23.7 Å². The largest absolute Gasteiger partial charge is 0.434 e. The molecule has 0 aliphatic rings. The van der Waals surface area contributed by atoms with Crippen LogP contribution >= 0.6 is 0 Å². The van der Waals surface area contributed by atoms with Crippen LogP contribution in [0, 0.1) is 13.8 Å². The maximum atomic E-state index is 12.4. The van der Waals surface area contributed by atoms with Gasteiger partial charge in [-0.2, -0.15) is 8.78 Å². The third kappa shape index (κ3) is 6.95. The van der Waals surface area contributed by atoms with Crippen LogP contribution in [0.1, 0.15) is 16.7 Å². The summed E-state index contributed by atoms with van der Waals surface area (Å²) in [5.41, 5.74) is 1.77. The van der Waals surface area contributed by atoms with Crippen molar-refractivity contribution >= 4 is 22.0 Å². The standard InChI is InChI=1S/C20H22F2N2O4S/c1-14-7-8-15(2)18(13-14)29(26,27)24-12-11-23-19(25)10-9-16-5-3-4-6-17(16)28-20(21)22/h3-10,13,20,24H,11-12H2,1-2H3,(H,23,25)/b10-9+. The van der Waals surface area contributed by atoms with Gasteiger partial charge in [0.1, 0.15) is 5.75 Å². The fourth-order valence-electron chi connectivity index (χ4n) is 2.49. The summed E-state index contributed by atoms with van der Waals surface area (Å²) >= 11 is 0. The van der Waals surface area contributed by atoms with E-state index in [4.69, 9.17) is 0 Å². The molecule has 0 bridgehead atoms. The molecule has 6 nitrogen and oxygen atoms in total. The summed E-state index contributed by atoms with van der Waals surface area (Å²) in [5.74, 6) is -0.546. The first-order chi connectivity index (χ1) is 13.7. The minimum absolute atomic E-state index is 0.000373. The number of nitrogens with one attached hydrogen (secondary N) is 2. The van der Waals surface area contributed by atoms with Gasteiger partial charge in [0.2, 0.25) is 15.9 Å². The van der Waals surface area contributed by atoms with E-state index in [9.17, 15) is 22.0 Å². The fraction of sp³-hybridized carbons (Fsp3) is 0.250. The number of sulfonamides is 1. The van der Waals surface area contributed by atoms with E-state index in [1.165, 1.54) is 24.3 Å². The average molecular weight is 424 g/mol. The Labute approximate surface area is 168 Å². The smallest absolute Gasteiger partial charge is 0.387 e. The third-order valence-corrected chi connectivity index (χ3v) is 5.50. The van der Waals surface area contributed by atoms with E-state index in [1.54, 1.807) is 32.0 Å². The molecule has 0 aliphatic heterocycles. The van der Waals surface area contributed by atoms with Gasteiger partial charge in [-0.25, -0.2) is 13.1 Å². The van der Waals surface area contributed by atoms with Crippen molar-refractivity contribution in [3.05, 3.63) is 65.2 Å². The van der Waals surface area contributed by atoms with Crippen molar-refractivity contribution in [3.8, 4) is 5.75 Å². The van der Waals surface area contributed by atoms with Crippen LogP contribution in [0.5, 0.6) is 5.75 Å². The molecule has 2 N–H and O–H groups in total. The van der Waals surface area contributed by atoms with Gasteiger partial charge in [0.25, 0.3) is 0 Å². The molecule has 0 spiro atoms.